The van der Waals surface area contributed by atoms with E-state index >= 15 is 0 Å². The minimum Gasteiger partial charge on any atom is -0.493 e. The number of fused-ring (bicyclic) bond motifs is 1. The van der Waals surface area contributed by atoms with Gasteiger partial charge in [0.25, 0.3) is 0 Å². The molecular formula is C14H13NO5. The van der Waals surface area contributed by atoms with Gasteiger partial charge in [0.2, 0.25) is 0 Å². The third-order valence-corrected chi connectivity index (χ3v) is 2.72. The van der Waals surface area contributed by atoms with E-state index in [2.05, 4.69) is 11.3 Å². The Morgan fingerprint density at radius 2 is 2.25 bits per heavy atom. The van der Waals surface area contributed by atoms with Crippen molar-refractivity contribution in [2.75, 3.05) is 12.8 Å². The number of hydrogen-bond donors (Lipinski definition) is 1. The molecule has 0 bridgehead atoms. The maximum absolute atomic E-state index is 11.5. The summed E-state index contributed by atoms with van der Waals surface area (Å²) in [7, 11) is 1.42. The molecule has 0 unspecified atom stereocenters. The number of ether oxygens (including phenoxy) is 2. The third kappa shape index (κ3) is 2.49. The molecule has 0 fully saturated rings. The van der Waals surface area contributed by atoms with E-state index in [1.807, 2.05) is 0 Å². The van der Waals surface area contributed by atoms with Gasteiger partial charge in [0.1, 0.15) is 5.69 Å². The average molecular weight is 275 g/mol. The van der Waals surface area contributed by atoms with Crippen molar-refractivity contribution < 1.29 is 18.7 Å². The highest BCUT2D eigenvalue weighted by Crippen LogP contribution is 2.30. The van der Waals surface area contributed by atoms with Crippen LogP contribution in [0.1, 0.15) is 5.56 Å². The molecule has 0 spiro atoms. The first-order chi connectivity index (χ1) is 9.56. The smallest absolute Gasteiger partial charge is 0.359 e. The molecule has 6 heteroatoms. The molecule has 104 valence electrons. The van der Waals surface area contributed by atoms with Crippen LogP contribution in [0.4, 0.5) is 5.69 Å². The summed E-state index contributed by atoms with van der Waals surface area (Å²) in [5, 5.41) is 0.611. The lowest BCUT2D eigenvalue weighted by Gasteiger charge is -2.10. The Morgan fingerprint density at radius 3 is 2.90 bits per heavy atom. The van der Waals surface area contributed by atoms with E-state index in [4.69, 9.17) is 14.9 Å². The van der Waals surface area contributed by atoms with E-state index in [0.717, 1.165) is 6.26 Å². The number of hydrogen-bond acceptors (Lipinski definition) is 6. The number of rotatable bonds is 4. The van der Waals surface area contributed by atoms with Crippen LogP contribution in [-0.4, -0.2) is 13.1 Å². The van der Waals surface area contributed by atoms with Gasteiger partial charge in [0.05, 0.1) is 19.8 Å². The Labute approximate surface area is 114 Å². The number of carbonyl (C=O) groups is 1. The number of esters is 1. The summed E-state index contributed by atoms with van der Waals surface area (Å²) >= 11 is 0. The largest absolute Gasteiger partial charge is 0.493 e. The van der Waals surface area contributed by atoms with Crippen LogP contribution in [0.5, 0.6) is 5.75 Å². The zero-order valence-electron chi connectivity index (χ0n) is 10.8. The van der Waals surface area contributed by atoms with Gasteiger partial charge < -0.3 is 19.6 Å². The van der Waals surface area contributed by atoms with Crippen molar-refractivity contribution in [2.45, 2.75) is 6.42 Å². The molecule has 0 amide bonds. The SMILES string of the molecule is C=COC(=O)Cc1ccc2cc(N)c(=O)oc2c1OC. The molecule has 1 aromatic heterocycles. The van der Waals surface area contributed by atoms with Crippen LogP contribution in [0.2, 0.25) is 0 Å². The zero-order chi connectivity index (χ0) is 14.7. The molecule has 1 aromatic carbocycles. The van der Waals surface area contributed by atoms with Gasteiger partial charge in [-0.2, -0.15) is 0 Å². The first-order valence-corrected chi connectivity index (χ1v) is 5.76. The van der Waals surface area contributed by atoms with E-state index < -0.39 is 11.6 Å². The van der Waals surface area contributed by atoms with Crippen LogP contribution >= 0.6 is 0 Å². The summed E-state index contributed by atoms with van der Waals surface area (Å²) in [5.74, 6) is -0.184. The van der Waals surface area contributed by atoms with Crippen LogP contribution in [0.15, 0.2) is 40.3 Å². The number of carbonyl (C=O) groups excluding carboxylic acids is 1. The number of methoxy groups -OCH3 is 1. The van der Waals surface area contributed by atoms with E-state index in [0.29, 0.717) is 16.7 Å². The summed E-state index contributed by atoms with van der Waals surface area (Å²) in [5.41, 5.74) is 5.65. The fourth-order valence-corrected chi connectivity index (χ4v) is 1.87. The predicted molar refractivity (Wildman–Crippen MR) is 73.4 cm³/mol. The Hall–Kier alpha value is -2.76. The summed E-state index contributed by atoms with van der Waals surface area (Å²) in [6.45, 7) is 3.31. The van der Waals surface area contributed by atoms with Gasteiger partial charge in [-0.1, -0.05) is 18.7 Å². The standard InChI is InChI=1S/C14H13NO5/c1-3-19-11(16)7-9-5-4-8-6-10(15)14(17)20-13(8)12(9)18-2/h3-6H,1,7,15H2,2H3. The molecule has 0 aliphatic carbocycles. The Balaban J connectivity index is 2.57. The summed E-state index contributed by atoms with van der Waals surface area (Å²) < 4.78 is 15.0. The van der Waals surface area contributed by atoms with Gasteiger partial charge in [0.15, 0.2) is 11.3 Å². The molecular weight excluding hydrogens is 262 g/mol. The normalized spacial score (nSPS) is 10.2. The van der Waals surface area contributed by atoms with Crippen LogP contribution in [-0.2, 0) is 16.0 Å². The molecule has 0 saturated heterocycles. The van der Waals surface area contributed by atoms with Crippen LogP contribution in [0, 0.1) is 0 Å². The van der Waals surface area contributed by atoms with Crippen molar-refractivity contribution in [3.8, 4) is 5.75 Å². The van der Waals surface area contributed by atoms with Gasteiger partial charge in [-0.05, 0) is 6.07 Å². The second-order valence-electron chi connectivity index (χ2n) is 4.00. The van der Waals surface area contributed by atoms with E-state index in [1.165, 1.54) is 13.2 Å². The Kier molecular flexibility index (Phi) is 3.74. The van der Waals surface area contributed by atoms with E-state index in [9.17, 15) is 9.59 Å². The molecule has 0 aliphatic rings. The Morgan fingerprint density at radius 1 is 1.50 bits per heavy atom. The molecule has 1 heterocycles. The van der Waals surface area contributed by atoms with Crippen LogP contribution in [0.25, 0.3) is 11.0 Å². The Bertz CT molecular complexity index is 732. The molecule has 2 rings (SSSR count). The van der Waals surface area contributed by atoms with Crippen molar-refractivity contribution >= 4 is 22.6 Å². The van der Waals surface area contributed by atoms with E-state index in [-0.39, 0.29) is 17.7 Å². The molecule has 0 saturated carbocycles. The summed E-state index contributed by atoms with van der Waals surface area (Å²) in [6.07, 6.45) is 1.02. The minimum atomic E-state index is -0.651. The zero-order valence-corrected chi connectivity index (χ0v) is 10.8. The molecule has 6 nitrogen and oxygen atoms in total. The van der Waals surface area contributed by atoms with Crippen LogP contribution < -0.4 is 16.1 Å². The van der Waals surface area contributed by atoms with Gasteiger partial charge in [-0.25, -0.2) is 4.79 Å². The van der Waals surface area contributed by atoms with Gasteiger partial charge >= 0.3 is 11.6 Å². The molecule has 2 aromatic rings. The van der Waals surface area contributed by atoms with Crippen molar-refractivity contribution in [1.29, 1.82) is 0 Å². The molecule has 0 aliphatic heterocycles. The van der Waals surface area contributed by atoms with E-state index in [1.54, 1.807) is 12.1 Å². The number of anilines is 1. The summed E-state index contributed by atoms with van der Waals surface area (Å²) in [6, 6.07) is 4.87. The quantitative estimate of drug-likeness (QED) is 0.518. The molecule has 0 radical (unpaired) electrons. The topological polar surface area (TPSA) is 91.8 Å². The number of nitrogens with two attached hydrogens (primary N) is 1. The second-order valence-corrected chi connectivity index (χ2v) is 4.00. The fourth-order valence-electron chi connectivity index (χ4n) is 1.87. The lowest BCUT2D eigenvalue weighted by Crippen LogP contribution is -2.08. The van der Waals surface area contributed by atoms with Crippen molar-refractivity contribution in [3.05, 3.63) is 47.0 Å². The maximum atomic E-state index is 11.5. The fraction of sp³-hybridized carbons (Fsp3) is 0.143. The lowest BCUT2D eigenvalue weighted by atomic mass is 10.1. The highest BCUT2D eigenvalue weighted by Gasteiger charge is 2.15. The van der Waals surface area contributed by atoms with Gasteiger partial charge in [-0.15, -0.1) is 0 Å². The van der Waals surface area contributed by atoms with Crippen LogP contribution in [0.3, 0.4) is 0 Å². The average Bonchev–Trinajstić information content (AvgIpc) is 2.41. The second kappa shape index (κ2) is 5.48. The monoisotopic (exact) mass is 275 g/mol. The maximum Gasteiger partial charge on any atom is 0.359 e. The van der Waals surface area contributed by atoms with Gasteiger partial charge in [-0.3, -0.25) is 4.79 Å². The molecule has 2 N–H and O–H groups in total. The highest BCUT2D eigenvalue weighted by atomic mass is 16.5. The molecule has 0 atom stereocenters. The van der Waals surface area contributed by atoms with Crippen molar-refractivity contribution in [3.63, 3.8) is 0 Å². The predicted octanol–water partition coefficient (Wildman–Crippen LogP) is 1.61. The van der Waals surface area contributed by atoms with Crippen molar-refractivity contribution in [2.24, 2.45) is 0 Å². The van der Waals surface area contributed by atoms with Crippen molar-refractivity contribution in [1.82, 2.24) is 0 Å². The first-order valence-electron chi connectivity index (χ1n) is 5.76. The minimum absolute atomic E-state index is 0.0124. The number of nitrogen functional groups attached to an aromatic ring is 1. The van der Waals surface area contributed by atoms with Gasteiger partial charge in [0, 0.05) is 10.9 Å². The molecule has 20 heavy (non-hydrogen) atoms. The number of benzene rings is 1. The first kappa shape index (κ1) is 13.7. The summed E-state index contributed by atoms with van der Waals surface area (Å²) in [4.78, 5) is 23.0. The third-order valence-electron chi connectivity index (χ3n) is 2.72. The lowest BCUT2D eigenvalue weighted by molar-refractivity contribution is -0.137. The highest BCUT2D eigenvalue weighted by molar-refractivity contribution is 5.87.